The zero-order valence-electron chi connectivity index (χ0n) is 15.9. The van der Waals surface area contributed by atoms with E-state index in [0.29, 0.717) is 0 Å². The van der Waals surface area contributed by atoms with E-state index in [1.807, 2.05) is 23.9 Å². The number of hydrogen-bond acceptors (Lipinski definition) is 5. The minimum atomic E-state index is 0.967. The zero-order valence-corrected chi connectivity index (χ0v) is 16.7. The summed E-state index contributed by atoms with van der Waals surface area (Å²) in [6, 6.07) is 17.0. The highest BCUT2D eigenvalue weighted by Gasteiger charge is 2.19. The molecule has 0 radical (unpaired) electrons. The van der Waals surface area contributed by atoms with E-state index in [-0.39, 0.29) is 0 Å². The Balaban J connectivity index is 1.24. The van der Waals surface area contributed by atoms with Gasteiger partial charge in [-0.2, -0.15) is 0 Å². The highest BCUT2D eigenvalue weighted by molar-refractivity contribution is 7.99. The molecule has 0 aliphatic carbocycles. The fourth-order valence-electron chi connectivity index (χ4n) is 3.70. The Hall–Kier alpha value is -2.11. The third kappa shape index (κ3) is 4.25. The highest BCUT2D eigenvalue weighted by atomic mass is 32.2. The largest absolute Gasteiger partial charge is 0.495 e. The first-order chi connectivity index (χ1) is 13.3. The van der Waals surface area contributed by atoms with Crippen LogP contribution in [-0.4, -0.2) is 57.2 Å². The number of fused-ring (bicyclic) bond motifs is 1. The van der Waals surface area contributed by atoms with Crippen LogP contribution >= 0.6 is 11.8 Å². The lowest BCUT2D eigenvalue weighted by Gasteiger charge is -2.36. The molecule has 2 heterocycles. The summed E-state index contributed by atoms with van der Waals surface area (Å²) in [5.41, 5.74) is 2.58. The number of nitrogens with zero attached hydrogens (tertiary/aromatic N) is 3. The van der Waals surface area contributed by atoms with Crippen LogP contribution in [0.2, 0.25) is 0 Å². The van der Waals surface area contributed by atoms with E-state index in [0.717, 1.165) is 50.9 Å². The minimum absolute atomic E-state index is 0.967. The van der Waals surface area contributed by atoms with Gasteiger partial charge in [0.25, 0.3) is 0 Å². The lowest BCUT2D eigenvalue weighted by atomic mass is 10.2. The Labute approximate surface area is 166 Å². The first kappa shape index (κ1) is 18.3. The first-order valence-electron chi connectivity index (χ1n) is 9.57. The van der Waals surface area contributed by atoms with Crippen LogP contribution in [0.15, 0.2) is 65.6 Å². The van der Waals surface area contributed by atoms with Crippen LogP contribution in [-0.2, 0) is 0 Å². The maximum absolute atomic E-state index is 5.51. The van der Waals surface area contributed by atoms with Crippen molar-refractivity contribution in [2.24, 2.45) is 0 Å². The molecule has 5 heteroatoms. The molecule has 1 fully saturated rings. The predicted molar refractivity (Wildman–Crippen MR) is 115 cm³/mol. The third-order valence-electron chi connectivity index (χ3n) is 5.24. The van der Waals surface area contributed by atoms with Crippen LogP contribution in [0.25, 0.3) is 0 Å². The number of thioether (sulfide) groups is 1. The maximum atomic E-state index is 5.51. The lowest BCUT2D eigenvalue weighted by Crippen LogP contribution is -2.46. The van der Waals surface area contributed by atoms with Gasteiger partial charge in [0.1, 0.15) is 5.75 Å². The number of rotatable bonds is 6. The summed E-state index contributed by atoms with van der Waals surface area (Å²) in [6.45, 7) is 6.29. The van der Waals surface area contributed by atoms with Gasteiger partial charge in [0.2, 0.25) is 0 Å². The molecule has 0 bridgehead atoms. The number of piperazine rings is 1. The van der Waals surface area contributed by atoms with Gasteiger partial charge in [-0.3, -0.25) is 4.90 Å². The van der Waals surface area contributed by atoms with E-state index in [1.54, 1.807) is 7.11 Å². The summed E-state index contributed by atoms with van der Waals surface area (Å²) < 4.78 is 5.51. The molecule has 2 aliphatic heterocycles. The molecular formula is C22H27N3OS. The summed E-state index contributed by atoms with van der Waals surface area (Å²) in [5.74, 6) is 2.02. The van der Waals surface area contributed by atoms with Gasteiger partial charge in [-0.25, -0.2) is 0 Å². The van der Waals surface area contributed by atoms with Gasteiger partial charge in [-0.15, -0.1) is 11.8 Å². The second-order valence-corrected chi connectivity index (χ2v) is 7.88. The van der Waals surface area contributed by atoms with Crippen molar-refractivity contribution >= 4 is 23.1 Å². The molecule has 0 unspecified atom stereocenters. The monoisotopic (exact) mass is 381 g/mol. The van der Waals surface area contributed by atoms with Crippen LogP contribution in [0, 0.1) is 0 Å². The molecule has 0 saturated carbocycles. The number of hydrogen-bond donors (Lipinski definition) is 0. The first-order valence-corrected chi connectivity index (χ1v) is 10.6. The van der Waals surface area contributed by atoms with E-state index in [1.165, 1.54) is 16.3 Å². The number of ether oxygens (including phenoxy) is 1. The van der Waals surface area contributed by atoms with E-state index >= 15 is 0 Å². The van der Waals surface area contributed by atoms with Gasteiger partial charge >= 0.3 is 0 Å². The van der Waals surface area contributed by atoms with Crippen molar-refractivity contribution in [1.82, 2.24) is 4.90 Å². The van der Waals surface area contributed by atoms with Crippen molar-refractivity contribution < 1.29 is 4.74 Å². The van der Waals surface area contributed by atoms with E-state index in [4.69, 9.17) is 4.74 Å². The normalized spacial score (nSPS) is 17.5. The van der Waals surface area contributed by atoms with Crippen molar-refractivity contribution in [3.05, 3.63) is 60.7 Å². The summed E-state index contributed by atoms with van der Waals surface area (Å²) in [5, 5.41) is 0. The Morgan fingerprint density at radius 2 is 1.59 bits per heavy atom. The van der Waals surface area contributed by atoms with Gasteiger partial charge in [-0.05, 0) is 24.3 Å². The van der Waals surface area contributed by atoms with E-state index < -0.39 is 0 Å². The van der Waals surface area contributed by atoms with Gasteiger partial charge in [0.05, 0.1) is 24.4 Å². The number of para-hydroxylation sites is 3. The number of methoxy groups -OCH3 is 1. The molecule has 0 spiro atoms. The summed E-state index contributed by atoms with van der Waals surface area (Å²) in [7, 11) is 1.75. The Bertz CT molecular complexity index is 787. The van der Waals surface area contributed by atoms with Gasteiger partial charge in [0, 0.05) is 44.2 Å². The van der Waals surface area contributed by atoms with Crippen LogP contribution in [0.1, 0.15) is 0 Å². The molecule has 4 rings (SSSR count). The Morgan fingerprint density at radius 1 is 0.889 bits per heavy atom. The van der Waals surface area contributed by atoms with Crippen LogP contribution in [0.5, 0.6) is 5.75 Å². The van der Waals surface area contributed by atoms with Crippen molar-refractivity contribution in [3.8, 4) is 5.75 Å². The molecule has 0 aromatic heterocycles. The van der Waals surface area contributed by atoms with E-state index in [9.17, 15) is 0 Å². The SMILES string of the molecule is COc1ccccc1N1CCN(C/C=C/CN2CSc3ccccc32)CC1. The topological polar surface area (TPSA) is 19.0 Å². The average Bonchev–Trinajstić information content (AvgIpc) is 3.15. The molecule has 4 nitrogen and oxygen atoms in total. The molecule has 0 atom stereocenters. The number of benzene rings is 2. The molecule has 0 N–H and O–H groups in total. The molecule has 2 aliphatic rings. The van der Waals surface area contributed by atoms with Crippen LogP contribution < -0.4 is 14.5 Å². The van der Waals surface area contributed by atoms with Gasteiger partial charge < -0.3 is 14.5 Å². The fraction of sp³-hybridized carbons (Fsp3) is 0.364. The molecule has 1 saturated heterocycles. The lowest BCUT2D eigenvalue weighted by molar-refractivity contribution is 0.282. The van der Waals surface area contributed by atoms with Crippen molar-refractivity contribution in [2.45, 2.75) is 4.90 Å². The zero-order chi connectivity index (χ0) is 18.5. The van der Waals surface area contributed by atoms with Crippen LogP contribution in [0.3, 0.4) is 0 Å². The minimum Gasteiger partial charge on any atom is -0.495 e. The second-order valence-electron chi connectivity index (χ2n) is 6.89. The van der Waals surface area contributed by atoms with E-state index in [2.05, 4.69) is 63.2 Å². The Morgan fingerprint density at radius 3 is 2.41 bits per heavy atom. The summed E-state index contributed by atoms with van der Waals surface area (Å²) >= 11 is 1.93. The Kier molecular flexibility index (Phi) is 5.90. The molecule has 2 aromatic carbocycles. The second kappa shape index (κ2) is 8.72. The molecule has 2 aromatic rings. The quantitative estimate of drug-likeness (QED) is 0.704. The molecular weight excluding hydrogens is 354 g/mol. The predicted octanol–water partition coefficient (Wildman–Crippen LogP) is 3.94. The van der Waals surface area contributed by atoms with Gasteiger partial charge in [-0.1, -0.05) is 36.4 Å². The highest BCUT2D eigenvalue weighted by Crippen LogP contribution is 2.37. The standard InChI is InChI=1S/C22H27N3OS/c1-26-21-10-4-2-8-19(21)24-16-14-23(15-17-24)12-6-7-13-25-18-27-22-11-5-3-9-20(22)25/h2-11H,12-18H2,1H3/b7-6+. The van der Waals surface area contributed by atoms with Crippen molar-refractivity contribution in [2.75, 3.05) is 62.1 Å². The van der Waals surface area contributed by atoms with Gasteiger partial charge in [0.15, 0.2) is 0 Å². The van der Waals surface area contributed by atoms with Crippen molar-refractivity contribution in [3.63, 3.8) is 0 Å². The van der Waals surface area contributed by atoms with Crippen LogP contribution in [0.4, 0.5) is 11.4 Å². The fourth-order valence-corrected chi connectivity index (χ4v) is 4.76. The molecule has 27 heavy (non-hydrogen) atoms. The average molecular weight is 382 g/mol. The molecule has 0 amide bonds. The summed E-state index contributed by atoms with van der Waals surface area (Å²) in [6.07, 6.45) is 4.64. The third-order valence-corrected chi connectivity index (χ3v) is 6.33. The number of anilines is 2. The molecule has 142 valence electrons. The summed E-state index contributed by atoms with van der Waals surface area (Å²) in [4.78, 5) is 8.79. The van der Waals surface area contributed by atoms with Crippen molar-refractivity contribution in [1.29, 1.82) is 0 Å². The smallest absolute Gasteiger partial charge is 0.142 e. The maximum Gasteiger partial charge on any atom is 0.142 e.